The summed E-state index contributed by atoms with van der Waals surface area (Å²) in [4.78, 5) is 14.2. The normalized spacial score (nSPS) is 23.5. The fourth-order valence-corrected chi connectivity index (χ4v) is 5.29. The van der Waals surface area contributed by atoms with Gasteiger partial charge in [-0.1, -0.05) is 25.7 Å². The number of hydrogen-bond acceptors (Lipinski definition) is 4. The summed E-state index contributed by atoms with van der Waals surface area (Å²) in [5.74, 6) is 2.97. The highest BCUT2D eigenvalue weighted by molar-refractivity contribution is 14.0. The first-order valence-corrected chi connectivity index (χ1v) is 12.2. The van der Waals surface area contributed by atoms with Crippen LogP contribution in [0.5, 0.6) is 0 Å². The average Bonchev–Trinajstić information content (AvgIpc) is 3.36. The summed E-state index contributed by atoms with van der Waals surface area (Å²) in [6.07, 6.45) is 14.1. The lowest BCUT2D eigenvalue weighted by atomic mass is 10.1. The Bertz CT molecular complexity index is 682. The van der Waals surface area contributed by atoms with Gasteiger partial charge in [0.05, 0.1) is 0 Å². The third kappa shape index (κ3) is 7.48. The standard InChI is InChI=1S/C24H40N6.HI/c1-25-24(28-22-11-15-29(19-22)18-20-8-4-5-9-20)27-17-21-10-12-26-23(16-21)30-13-6-2-3-7-14-30;/h10,12,16,20,22H,2-9,11,13-15,17-19H2,1H3,(H2,25,27,28);1H. The van der Waals surface area contributed by atoms with Crippen molar-refractivity contribution in [3.63, 3.8) is 0 Å². The van der Waals surface area contributed by atoms with Crippen LogP contribution in [0.4, 0.5) is 5.82 Å². The van der Waals surface area contributed by atoms with Crippen LogP contribution >= 0.6 is 24.0 Å². The van der Waals surface area contributed by atoms with Gasteiger partial charge in [0, 0.05) is 58.6 Å². The molecular weight excluding hydrogens is 499 g/mol. The van der Waals surface area contributed by atoms with Gasteiger partial charge in [0.1, 0.15) is 5.82 Å². The SMILES string of the molecule is CN=C(NCc1ccnc(N2CCCCCC2)c1)NC1CCN(CC2CCCC2)C1.I. The number of pyridine rings is 1. The summed E-state index contributed by atoms with van der Waals surface area (Å²) >= 11 is 0. The van der Waals surface area contributed by atoms with E-state index in [2.05, 4.69) is 42.5 Å². The van der Waals surface area contributed by atoms with E-state index in [0.29, 0.717) is 6.04 Å². The van der Waals surface area contributed by atoms with Crippen LogP contribution in [-0.2, 0) is 6.54 Å². The third-order valence-electron chi connectivity index (χ3n) is 7.03. The number of hydrogen-bond donors (Lipinski definition) is 2. The first kappa shape index (κ1) is 24.6. The highest BCUT2D eigenvalue weighted by Crippen LogP contribution is 2.26. The molecule has 1 aliphatic carbocycles. The number of guanidine groups is 1. The van der Waals surface area contributed by atoms with Gasteiger partial charge in [-0.3, -0.25) is 4.99 Å². The summed E-state index contributed by atoms with van der Waals surface area (Å²) in [6.45, 7) is 6.70. The number of anilines is 1. The summed E-state index contributed by atoms with van der Waals surface area (Å²) < 4.78 is 0. The second kappa shape index (κ2) is 12.8. The van der Waals surface area contributed by atoms with E-state index in [9.17, 15) is 0 Å². The van der Waals surface area contributed by atoms with Crippen LogP contribution < -0.4 is 15.5 Å². The van der Waals surface area contributed by atoms with Gasteiger partial charge in [-0.2, -0.15) is 0 Å². The predicted octanol–water partition coefficient (Wildman–Crippen LogP) is 4.01. The quantitative estimate of drug-likeness (QED) is 0.325. The highest BCUT2D eigenvalue weighted by atomic mass is 127. The van der Waals surface area contributed by atoms with E-state index >= 15 is 0 Å². The largest absolute Gasteiger partial charge is 0.357 e. The average molecular weight is 541 g/mol. The highest BCUT2D eigenvalue weighted by Gasteiger charge is 2.26. The van der Waals surface area contributed by atoms with Crippen LogP contribution in [0.2, 0.25) is 0 Å². The maximum Gasteiger partial charge on any atom is 0.191 e. The maximum atomic E-state index is 4.63. The molecule has 0 spiro atoms. The molecule has 31 heavy (non-hydrogen) atoms. The minimum atomic E-state index is 0. The fourth-order valence-electron chi connectivity index (χ4n) is 5.29. The molecule has 1 aromatic heterocycles. The molecule has 1 atom stereocenters. The Morgan fingerprint density at radius 1 is 1.06 bits per heavy atom. The van der Waals surface area contributed by atoms with Crippen molar-refractivity contribution in [1.82, 2.24) is 20.5 Å². The summed E-state index contributed by atoms with van der Waals surface area (Å²) in [6, 6.07) is 4.85. The molecule has 0 amide bonds. The predicted molar refractivity (Wildman–Crippen MR) is 140 cm³/mol. The van der Waals surface area contributed by atoms with Crippen LogP contribution in [0.1, 0.15) is 63.4 Å². The van der Waals surface area contributed by atoms with Crippen molar-refractivity contribution in [3.05, 3.63) is 23.9 Å². The van der Waals surface area contributed by atoms with Crippen molar-refractivity contribution in [2.24, 2.45) is 10.9 Å². The summed E-state index contributed by atoms with van der Waals surface area (Å²) in [7, 11) is 1.87. The Kier molecular flexibility index (Phi) is 10.2. The second-order valence-electron chi connectivity index (χ2n) is 9.39. The first-order valence-electron chi connectivity index (χ1n) is 12.2. The van der Waals surface area contributed by atoms with Crippen molar-refractivity contribution in [3.8, 4) is 0 Å². The first-order chi connectivity index (χ1) is 14.8. The molecule has 1 unspecified atom stereocenters. The van der Waals surface area contributed by atoms with E-state index in [1.165, 1.54) is 76.4 Å². The smallest absolute Gasteiger partial charge is 0.191 e. The second-order valence-corrected chi connectivity index (χ2v) is 9.39. The molecule has 1 aromatic rings. The van der Waals surface area contributed by atoms with E-state index < -0.39 is 0 Å². The molecule has 6 nitrogen and oxygen atoms in total. The molecule has 4 rings (SSSR count). The van der Waals surface area contributed by atoms with Gasteiger partial charge in [-0.05, 0) is 55.7 Å². The number of nitrogens with zero attached hydrogens (tertiary/aromatic N) is 4. The Labute approximate surface area is 205 Å². The Morgan fingerprint density at radius 3 is 2.58 bits per heavy atom. The topological polar surface area (TPSA) is 55.8 Å². The van der Waals surface area contributed by atoms with Crippen molar-refractivity contribution in [2.75, 3.05) is 44.7 Å². The zero-order valence-corrected chi connectivity index (χ0v) is 21.5. The molecule has 2 N–H and O–H groups in total. The Balaban J connectivity index is 0.00000272. The lowest BCUT2D eigenvalue weighted by Crippen LogP contribution is -2.44. The minimum absolute atomic E-state index is 0. The van der Waals surface area contributed by atoms with Crippen LogP contribution in [0, 0.1) is 5.92 Å². The number of aromatic nitrogens is 1. The summed E-state index contributed by atoms with van der Waals surface area (Å²) in [5.41, 5.74) is 1.27. The van der Waals surface area contributed by atoms with Crippen LogP contribution in [-0.4, -0.2) is 61.7 Å². The van der Waals surface area contributed by atoms with Gasteiger partial charge in [0.25, 0.3) is 0 Å². The third-order valence-corrected chi connectivity index (χ3v) is 7.03. The van der Waals surface area contributed by atoms with Gasteiger partial charge in [0.15, 0.2) is 5.96 Å². The molecule has 2 saturated heterocycles. The molecule has 3 heterocycles. The Hall–Kier alpha value is -1.09. The van der Waals surface area contributed by atoms with Gasteiger partial charge >= 0.3 is 0 Å². The molecule has 1 saturated carbocycles. The molecule has 0 bridgehead atoms. The van der Waals surface area contributed by atoms with Crippen LogP contribution in [0.3, 0.4) is 0 Å². The van der Waals surface area contributed by atoms with Crippen LogP contribution in [0.15, 0.2) is 23.3 Å². The molecule has 174 valence electrons. The fraction of sp³-hybridized carbons (Fsp3) is 0.750. The van der Waals surface area contributed by atoms with E-state index in [1.54, 1.807) is 0 Å². The van der Waals surface area contributed by atoms with Crippen molar-refractivity contribution < 1.29 is 0 Å². The lowest BCUT2D eigenvalue weighted by molar-refractivity contribution is 0.275. The molecule has 2 aliphatic heterocycles. The molecule has 0 aromatic carbocycles. The molecule has 7 heteroatoms. The van der Waals surface area contributed by atoms with Gasteiger partial charge in [-0.15, -0.1) is 24.0 Å². The van der Waals surface area contributed by atoms with Crippen LogP contribution in [0.25, 0.3) is 0 Å². The monoisotopic (exact) mass is 540 g/mol. The Morgan fingerprint density at radius 2 is 1.84 bits per heavy atom. The van der Waals surface area contributed by atoms with E-state index in [0.717, 1.165) is 43.9 Å². The van der Waals surface area contributed by atoms with E-state index in [-0.39, 0.29) is 24.0 Å². The van der Waals surface area contributed by atoms with Crippen molar-refractivity contribution >= 4 is 35.8 Å². The molecule has 0 radical (unpaired) electrons. The van der Waals surface area contributed by atoms with Crippen molar-refractivity contribution in [2.45, 2.75) is 70.4 Å². The van der Waals surface area contributed by atoms with Crippen molar-refractivity contribution in [1.29, 1.82) is 0 Å². The molecular formula is C24H41IN6. The summed E-state index contributed by atoms with van der Waals surface area (Å²) in [5, 5.41) is 7.17. The number of nitrogens with one attached hydrogen (secondary N) is 2. The minimum Gasteiger partial charge on any atom is -0.357 e. The lowest BCUT2D eigenvalue weighted by Gasteiger charge is -2.22. The molecule has 3 fully saturated rings. The maximum absolute atomic E-state index is 4.63. The van der Waals surface area contributed by atoms with Gasteiger partial charge < -0.3 is 20.4 Å². The number of rotatable bonds is 6. The zero-order valence-electron chi connectivity index (χ0n) is 19.2. The zero-order chi connectivity index (χ0) is 20.6. The number of halogens is 1. The number of likely N-dealkylation sites (tertiary alicyclic amines) is 1. The van der Waals surface area contributed by atoms with E-state index in [4.69, 9.17) is 0 Å². The van der Waals surface area contributed by atoms with E-state index in [1.807, 2.05) is 13.2 Å². The van der Waals surface area contributed by atoms with Gasteiger partial charge in [-0.25, -0.2) is 4.98 Å². The number of aliphatic imine (C=N–C) groups is 1. The van der Waals surface area contributed by atoms with Gasteiger partial charge in [0.2, 0.25) is 0 Å². The molecule has 3 aliphatic rings.